The van der Waals surface area contributed by atoms with Crippen LogP contribution < -0.4 is 5.32 Å². The predicted molar refractivity (Wildman–Crippen MR) is 134 cm³/mol. The van der Waals surface area contributed by atoms with Crippen LogP contribution in [0.1, 0.15) is 11.1 Å². The Morgan fingerprint density at radius 2 is 1.76 bits per heavy atom. The maximum absolute atomic E-state index is 11.1. The van der Waals surface area contributed by atoms with E-state index in [1.165, 1.54) is 32.8 Å². The van der Waals surface area contributed by atoms with E-state index in [4.69, 9.17) is 5.11 Å². The lowest BCUT2D eigenvalue weighted by atomic mass is 9.99. The highest BCUT2D eigenvalue weighted by Gasteiger charge is 2.20. The van der Waals surface area contributed by atoms with Gasteiger partial charge in [0, 0.05) is 73.9 Å². The van der Waals surface area contributed by atoms with Gasteiger partial charge in [-0.25, -0.2) is 9.78 Å². The average Bonchev–Trinajstić information content (AvgIpc) is 3.51. The summed E-state index contributed by atoms with van der Waals surface area (Å²) in [4.78, 5) is 22.9. The fraction of sp³-hybridized carbons (Fsp3) is 0.259. The van der Waals surface area contributed by atoms with Crippen LogP contribution in [0.3, 0.4) is 0 Å². The molecule has 1 saturated heterocycles. The van der Waals surface area contributed by atoms with Gasteiger partial charge in [0.25, 0.3) is 0 Å². The maximum Gasteiger partial charge on any atom is 0.407 e. The first kappa shape index (κ1) is 20.7. The Balaban J connectivity index is 1.21. The minimum absolute atomic E-state index is 0.568. The zero-order valence-electron chi connectivity index (χ0n) is 18.9. The lowest BCUT2D eigenvalue weighted by Gasteiger charge is -2.33. The number of hydrogen-bond donors (Lipinski definition) is 3. The first-order chi connectivity index (χ1) is 16.6. The molecule has 2 aromatic heterocycles. The average molecular weight is 454 g/mol. The maximum atomic E-state index is 11.1. The normalized spacial score (nSPS) is 15.9. The number of aromatic amines is 1. The third-order valence-electron chi connectivity index (χ3n) is 6.99. The van der Waals surface area contributed by atoms with Gasteiger partial charge in [-0.05, 0) is 46.9 Å². The number of benzene rings is 2. The van der Waals surface area contributed by atoms with E-state index in [-0.39, 0.29) is 0 Å². The number of piperazine rings is 1. The Hall–Kier alpha value is -3.84. The third-order valence-corrected chi connectivity index (χ3v) is 6.99. The van der Waals surface area contributed by atoms with E-state index in [1.54, 1.807) is 0 Å². The molecule has 0 unspecified atom stereocenters. The Morgan fingerprint density at radius 3 is 2.56 bits per heavy atom. The van der Waals surface area contributed by atoms with Crippen molar-refractivity contribution < 1.29 is 9.90 Å². The van der Waals surface area contributed by atoms with Gasteiger partial charge >= 0.3 is 6.09 Å². The summed E-state index contributed by atoms with van der Waals surface area (Å²) in [5.41, 5.74) is 9.37. The Morgan fingerprint density at radius 1 is 0.971 bits per heavy atom. The van der Waals surface area contributed by atoms with Crippen LogP contribution in [0.4, 0.5) is 10.5 Å². The molecular weight excluding hydrogens is 426 g/mol. The van der Waals surface area contributed by atoms with Crippen molar-refractivity contribution in [2.45, 2.75) is 13.0 Å². The quantitative estimate of drug-likeness (QED) is 0.419. The SMILES string of the molecule is O=C(O)N1CCN(Cc2ccc(-c3cnc4[nH]cc(-c5ccc6c(c5)CCN6)c4c3)cc2)CC1. The van der Waals surface area contributed by atoms with E-state index in [2.05, 4.69) is 74.9 Å². The van der Waals surface area contributed by atoms with Gasteiger partial charge in [0.1, 0.15) is 5.65 Å². The highest BCUT2D eigenvalue weighted by atomic mass is 16.4. The summed E-state index contributed by atoms with van der Waals surface area (Å²) in [5, 5.41) is 13.7. The second kappa shape index (κ2) is 8.50. The van der Waals surface area contributed by atoms with Gasteiger partial charge in [-0.2, -0.15) is 0 Å². The number of amides is 1. The molecule has 0 spiro atoms. The summed E-state index contributed by atoms with van der Waals surface area (Å²) in [6.45, 7) is 4.51. The number of pyridine rings is 1. The van der Waals surface area contributed by atoms with Crippen molar-refractivity contribution in [2.75, 3.05) is 38.0 Å². The fourth-order valence-electron chi connectivity index (χ4n) is 5.03. The molecule has 2 aliphatic heterocycles. The third kappa shape index (κ3) is 3.88. The van der Waals surface area contributed by atoms with Gasteiger partial charge in [-0.3, -0.25) is 4.90 Å². The van der Waals surface area contributed by atoms with Gasteiger partial charge in [0.2, 0.25) is 0 Å². The summed E-state index contributed by atoms with van der Waals surface area (Å²) in [5.74, 6) is 0. The molecule has 2 aliphatic rings. The molecule has 2 aromatic carbocycles. The van der Waals surface area contributed by atoms with Gasteiger partial charge in [-0.15, -0.1) is 0 Å². The smallest absolute Gasteiger partial charge is 0.407 e. The molecule has 172 valence electrons. The van der Waals surface area contributed by atoms with Crippen molar-refractivity contribution in [3.63, 3.8) is 0 Å². The standard InChI is InChI=1S/C27H27N5O2/c33-27(34)32-11-9-31(10-12-32)17-18-1-3-19(4-2-18)22-14-23-24(16-30-26(23)29-15-22)20-5-6-25-21(13-20)7-8-28-25/h1-6,13-16,28H,7-12,17H2,(H,29,30)(H,33,34). The number of aromatic nitrogens is 2. The molecule has 4 aromatic rings. The molecule has 3 N–H and O–H groups in total. The van der Waals surface area contributed by atoms with Crippen molar-refractivity contribution in [2.24, 2.45) is 0 Å². The van der Waals surface area contributed by atoms with Crippen molar-refractivity contribution in [3.05, 3.63) is 72.1 Å². The monoisotopic (exact) mass is 453 g/mol. The lowest BCUT2D eigenvalue weighted by molar-refractivity contribution is 0.103. The number of H-pyrrole nitrogens is 1. The molecule has 1 fully saturated rings. The molecular formula is C27H27N5O2. The van der Waals surface area contributed by atoms with Crippen LogP contribution in [0.25, 0.3) is 33.3 Å². The zero-order valence-corrected chi connectivity index (χ0v) is 18.9. The zero-order chi connectivity index (χ0) is 23.1. The van der Waals surface area contributed by atoms with Crippen molar-refractivity contribution in [3.8, 4) is 22.3 Å². The van der Waals surface area contributed by atoms with Crippen LogP contribution in [0.15, 0.2) is 60.9 Å². The number of nitrogens with one attached hydrogen (secondary N) is 2. The highest BCUT2D eigenvalue weighted by molar-refractivity contribution is 5.96. The predicted octanol–water partition coefficient (Wildman–Crippen LogP) is 4.66. The van der Waals surface area contributed by atoms with Crippen LogP contribution in [0, 0.1) is 0 Å². The summed E-state index contributed by atoms with van der Waals surface area (Å²) in [6, 6.07) is 17.5. The summed E-state index contributed by atoms with van der Waals surface area (Å²) in [6.07, 6.45) is 4.22. The van der Waals surface area contributed by atoms with E-state index in [0.717, 1.165) is 54.8 Å². The topological polar surface area (TPSA) is 84.5 Å². The van der Waals surface area contributed by atoms with Crippen molar-refractivity contribution in [1.82, 2.24) is 19.8 Å². The van der Waals surface area contributed by atoms with Gasteiger partial charge in [0.05, 0.1) is 0 Å². The minimum atomic E-state index is -0.826. The van der Waals surface area contributed by atoms with Crippen LogP contribution in [-0.2, 0) is 13.0 Å². The van der Waals surface area contributed by atoms with E-state index >= 15 is 0 Å². The molecule has 0 aliphatic carbocycles. The van der Waals surface area contributed by atoms with Crippen LogP contribution >= 0.6 is 0 Å². The number of nitrogens with zero attached hydrogens (tertiary/aromatic N) is 3. The van der Waals surface area contributed by atoms with E-state index < -0.39 is 6.09 Å². The molecule has 6 rings (SSSR count). The number of anilines is 1. The number of carboxylic acid groups (broad SMARTS) is 1. The molecule has 4 heterocycles. The van der Waals surface area contributed by atoms with E-state index in [9.17, 15) is 4.79 Å². The van der Waals surface area contributed by atoms with Gasteiger partial charge in [-0.1, -0.05) is 30.3 Å². The number of rotatable bonds is 4. The number of fused-ring (bicyclic) bond motifs is 2. The molecule has 0 atom stereocenters. The van der Waals surface area contributed by atoms with Crippen molar-refractivity contribution >= 4 is 22.8 Å². The highest BCUT2D eigenvalue weighted by Crippen LogP contribution is 2.34. The fourth-order valence-corrected chi connectivity index (χ4v) is 5.03. The Labute approximate surface area is 198 Å². The lowest BCUT2D eigenvalue weighted by Crippen LogP contribution is -2.47. The number of hydrogen-bond acceptors (Lipinski definition) is 4. The number of carbonyl (C=O) groups is 1. The molecule has 7 nitrogen and oxygen atoms in total. The summed E-state index contributed by atoms with van der Waals surface area (Å²) >= 11 is 0. The van der Waals surface area contributed by atoms with Crippen LogP contribution in [0.5, 0.6) is 0 Å². The van der Waals surface area contributed by atoms with Crippen LogP contribution in [0.2, 0.25) is 0 Å². The second-order valence-corrected chi connectivity index (χ2v) is 9.11. The molecule has 1 amide bonds. The molecule has 7 heteroatoms. The first-order valence-electron chi connectivity index (χ1n) is 11.8. The second-order valence-electron chi connectivity index (χ2n) is 9.11. The summed E-state index contributed by atoms with van der Waals surface area (Å²) in [7, 11) is 0. The first-order valence-corrected chi connectivity index (χ1v) is 11.8. The van der Waals surface area contributed by atoms with Crippen molar-refractivity contribution in [1.29, 1.82) is 0 Å². The Bertz CT molecular complexity index is 1350. The summed E-state index contributed by atoms with van der Waals surface area (Å²) < 4.78 is 0. The molecule has 34 heavy (non-hydrogen) atoms. The van der Waals surface area contributed by atoms with Gasteiger partial charge < -0.3 is 20.3 Å². The van der Waals surface area contributed by atoms with E-state index in [0.29, 0.717) is 13.1 Å². The molecule has 0 bridgehead atoms. The minimum Gasteiger partial charge on any atom is -0.465 e. The van der Waals surface area contributed by atoms with Gasteiger partial charge in [0.15, 0.2) is 0 Å². The van der Waals surface area contributed by atoms with Crippen LogP contribution in [-0.4, -0.2) is 63.7 Å². The molecule has 0 radical (unpaired) electrons. The molecule has 0 saturated carbocycles. The van der Waals surface area contributed by atoms with E-state index in [1.807, 2.05) is 6.20 Å². The Kier molecular flexibility index (Phi) is 5.19. The largest absolute Gasteiger partial charge is 0.465 e.